The quantitative estimate of drug-likeness (QED) is 0.842. The molecule has 0 unspecified atom stereocenters. The molecule has 2 heterocycles. The summed E-state index contributed by atoms with van der Waals surface area (Å²) in [6.07, 6.45) is 2.35. The molecule has 0 aromatic heterocycles. The van der Waals surface area contributed by atoms with Crippen molar-refractivity contribution in [3.8, 4) is 0 Å². The van der Waals surface area contributed by atoms with Gasteiger partial charge in [-0.05, 0) is 49.8 Å². The Balaban J connectivity index is 1.40. The molecule has 6 heteroatoms. The van der Waals surface area contributed by atoms with Gasteiger partial charge in [0.2, 0.25) is 11.8 Å². The number of hydrogen-bond donors (Lipinski definition) is 1. The van der Waals surface area contributed by atoms with Crippen LogP contribution >= 0.6 is 0 Å². The van der Waals surface area contributed by atoms with Gasteiger partial charge in [0, 0.05) is 45.0 Å². The number of piperazine rings is 1. The van der Waals surface area contributed by atoms with E-state index in [4.69, 9.17) is 0 Å². The molecular formula is C22H34N4O2. The van der Waals surface area contributed by atoms with Crippen LogP contribution < -0.4 is 5.32 Å². The molecule has 0 radical (unpaired) electrons. The molecular weight excluding hydrogens is 352 g/mol. The number of hydrogen-bond acceptors (Lipinski definition) is 4. The van der Waals surface area contributed by atoms with Crippen molar-refractivity contribution in [2.45, 2.75) is 33.6 Å². The van der Waals surface area contributed by atoms with Gasteiger partial charge in [-0.1, -0.05) is 19.1 Å². The molecule has 2 aliphatic rings. The Hall–Kier alpha value is -1.92. The predicted octanol–water partition coefficient (Wildman–Crippen LogP) is 2.12. The van der Waals surface area contributed by atoms with E-state index in [0.717, 1.165) is 56.9 Å². The van der Waals surface area contributed by atoms with E-state index in [1.807, 2.05) is 24.0 Å². The topological polar surface area (TPSA) is 55.9 Å². The molecule has 1 aromatic carbocycles. The molecule has 154 valence electrons. The molecule has 1 atom stereocenters. The lowest BCUT2D eigenvalue weighted by Gasteiger charge is -2.36. The van der Waals surface area contributed by atoms with E-state index in [1.165, 1.54) is 12.0 Å². The standard InChI is InChI=1S/C22H34N4O2/c1-17-6-5-9-26(14-17)22(28)16-25-12-10-24(11-13-25)15-21(27)23-20-8-4-7-18(2)19(20)3/h4,7-8,17H,5-6,9-16H2,1-3H3,(H,23,27)/t17-/m1/s1. The van der Waals surface area contributed by atoms with E-state index < -0.39 is 0 Å². The fourth-order valence-electron chi connectivity index (χ4n) is 4.09. The molecule has 1 N–H and O–H groups in total. The lowest BCUT2D eigenvalue weighted by molar-refractivity contribution is -0.134. The van der Waals surface area contributed by atoms with Crippen molar-refractivity contribution < 1.29 is 9.59 Å². The highest BCUT2D eigenvalue weighted by molar-refractivity contribution is 5.93. The molecule has 0 bridgehead atoms. The summed E-state index contributed by atoms with van der Waals surface area (Å²) in [5, 5.41) is 3.03. The first-order valence-corrected chi connectivity index (χ1v) is 10.5. The van der Waals surface area contributed by atoms with Crippen molar-refractivity contribution in [1.82, 2.24) is 14.7 Å². The number of amides is 2. The van der Waals surface area contributed by atoms with Gasteiger partial charge in [0.15, 0.2) is 0 Å². The molecule has 0 spiro atoms. The first-order valence-electron chi connectivity index (χ1n) is 10.5. The Labute approximate surface area is 168 Å². The average Bonchev–Trinajstić information content (AvgIpc) is 2.67. The summed E-state index contributed by atoms with van der Waals surface area (Å²) in [5.41, 5.74) is 3.19. The first kappa shape index (κ1) is 20.8. The van der Waals surface area contributed by atoms with Crippen molar-refractivity contribution in [3.63, 3.8) is 0 Å². The van der Waals surface area contributed by atoms with Gasteiger partial charge >= 0.3 is 0 Å². The van der Waals surface area contributed by atoms with Gasteiger partial charge in [-0.3, -0.25) is 19.4 Å². The zero-order valence-electron chi connectivity index (χ0n) is 17.5. The van der Waals surface area contributed by atoms with Gasteiger partial charge in [-0.15, -0.1) is 0 Å². The minimum Gasteiger partial charge on any atom is -0.341 e. The number of benzene rings is 1. The second-order valence-electron chi connectivity index (χ2n) is 8.44. The summed E-state index contributed by atoms with van der Waals surface area (Å²) in [6, 6.07) is 5.97. The summed E-state index contributed by atoms with van der Waals surface area (Å²) in [4.78, 5) is 31.4. The maximum atomic E-state index is 12.5. The average molecular weight is 387 g/mol. The van der Waals surface area contributed by atoms with Crippen molar-refractivity contribution in [2.75, 3.05) is 57.7 Å². The third-order valence-corrected chi connectivity index (χ3v) is 6.08. The summed E-state index contributed by atoms with van der Waals surface area (Å²) in [5.74, 6) is 0.901. The van der Waals surface area contributed by atoms with Gasteiger partial charge in [0.1, 0.15) is 0 Å². The molecule has 3 rings (SSSR count). The largest absolute Gasteiger partial charge is 0.341 e. The third-order valence-electron chi connectivity index (χ3n) is 6.08. The lowest BCUT2D eigenvalue weighted by Crippen LogP contribution is -2.52. The summed E-state index contributed by atoms with van der Waals surface area (Å²) >= 11 is 0. The van der Waals surface area contributed by atoms with Crippen LogP contribution in [0.2, 0.25) is 0 Å². The van der Waals surface area contributed by atoms with E-state index in [-0.39, 0.29) is 11.8 Å². The Morgan fingerprint density at radius 1 is 1.04 bits per heavy atom. The molecule has 0 saturated carbocycles. The smallest absolute Gasteiger partial charge is 0.238 e. The molecule has 0 aliphatic carbocycles. The SMILES string of the molecule is Cc1cccc(NC(=O)CN2CCN(CC(=O)N3CCC[C@@H](C)C3)CC2)c1C. The number of carbonyl (C=O) groups is 2. The Morgan fingerprint density at radius 2 is 1.71 bits per heavy atom. The molecule has 28 heavy (non-hydrogen) atoms. The van der Waals surface area contributed by atoms with Crippen molar-refractivity contribution >= 4 is 17.5 Å². The van der Waals surface area contributed by atoms with Gasteiger partial charge < -0.3 is 10.2 Å². The molecule has 1 aromatic rings. The summed E-state index contributed by atoms with van der Waals surface area (Å²) in [7, 11) is 0. The maximum Gasteiger partial charge on any atom is 0.238 e. The van der Waals surface area contributed by atoms with Crippen LogP contribution in [0.5, 0.6) is 0 Å². The van der Waals surface area contributed by atoms with Crippen LogP contribution in [0.3, 0.4) is 0 Å². The highest BCUT2D eigenvalue weighted by Gasteiger charge is 2.25. The van der Waals surface area contributed by atoms with E-state index in [2.05, 4.69) is 35.0 Å². The first-order chi connectivity index (χ1) is 13.4. The van der Waals surface area contributed by atoms with Crippen molar-refractivity contribution in [1.29, 1.82) is 0 Å². The maximum absolute atomic E-state index is 12.5. The van der Waals surface area contributed by atoms with Gasteiger partial charge in [-0.2, -0.15) is 0 Å². The number of nitrogens with zero attached hydrogens (tertiary/aromatic N) is 3. The number of rotatable bonds is 5. The number of likely N-dealkylation sites (tertiary alicyclic amines) is 1. The van der Waals surface area contributed by atoms with E-state index in [9.17, 15) is 9.59 Å². The van der Waals surface area contributed by atoms with Gasteiger partial charge in [0.05, 0.1) is 13.1 Å². The van der Waals surface area contributed by atoms with Crippen LogP contribution in [0.4, 0.5) is 5.69 Å². The highest BCUT2D eigenvalue weighted by Crippen LogP contribution is 2.18. The molecule has 2 fully saturated rings. The van der Waals surface area contributed by atoms with Gasteiger partial charge in [0.25, 0.3) is 0 Å². The van der Waals surface area contributed by atoms with Crippen molar-refractivity contribution in [3.05, 3.63) is 29.3 Å². The molecule has 2 amide bonds. The number of anilines is 1. The van der Waals surface area contributed by atoms with Crippen LogP contribution in [-0.2, 0) is 9.59 Å². The minimum absolute atomic E-state index is 0.0283. The van der Waals surface area contributed by atoms with E-state index >= 15 is 0 Å². The fourth-order valence-corrected chi connectivity index (χ4v) is 4.09. The molecule has 2 saturated heterocycles. The van der Waals surface area contributed by atoms with Crippen molar-refractivity contribution in [2.24, 2.45) is 5.92 Å². The van der Waals surface area contributed by atoms with Crippen LogP contribution in [-0.4, -0.2) is 78.9 Å². The third kappa shape index (κ3) is 5.55. The predicted molar refractivity (Wildman–Crippen MR) is 112 cm³/mol. The number of aryl methyl sites for hydroxylation is 1. The Bertz CT molecular complexity index is 698. The highest BCUT2D eigenvalue weighted by atomic mass is 16.2. The van der Waals surface area contributed by atoms with Crippen LogP contribution in [0.25, 0.3) is 0 Å². The summed E-state index contributed by atoms with van der Waals surface area (Å²) < 4.78 is 0. The number of nitrogens with one attached hydrogen (secondary N) is 1. The normalized spacial score (nSPS) is 21.5. The van der Waals surface area contributed by atoms with Crippen LogP contribution in [0, 0.1) is 19.8 Å². The lowest BCUT2D eigenvalue weighted by atomic mass is 10.0. The zero-order valence-corrected chi connectivity index (χ0v) is 17.5. The van der Waals surface area contributed by atoms with Crippen LogP contribution in [0.1, 0.15) is 30.9 Å². The number of piperidine rings is 1. The van der Waals surface area contributed by atoms with E-state index in [1.54, 1.807) is 0 Å². The number of carbonyl (C=O) groups excluding carboxylic acids is 2. The monoisotopic (exact) mass is 386 g/mol. The minimum atomic E-state index is 0.0283. The zero-order chi connectivity index (χ0) is 20.1. The molecule has 6 nitrogen and oxygen atoms in total. The van der Waals surface area contributed by atoms with E-state index in [0.29, 0.717) is 19.0 Å². The summed E-state index contributed by atoms with van der Waals surface area (Å²) in [6.45, 7) is 12.3. The second kappa shape index (κ2) is 9.52. The Kier molecular flexibility index (Phi) is 7.08. The Morgan fingerprint density at radius 3 is 2.39 bits per heavy atom. The fraction of sp³-hybridized carbons (Fsp3) is 0.636. The van der Waals surface area contributed by atoms with Crippen LogP contribution in [0.15, 0.2) is 18.2 Å². The molecule has 2 aliphatic heterocycles. The van der Waals surface area contributed by atoms with Gasteiger partial charge in [-0.25, -0.2) is 0 Å². The second-order valence-corrected chi connectivity index (χ2v) is 8.44.